The van der Waals surface area contributed by atoms with Gasteiger partial charge in [0, 0.05) is 44.0 Å². The van der Waals surface area contributed by atoms with E-state index in [0.717, 1.165) is 41.8 Å². The molecule has 2 amide bonds. The zero-order valence-electron chi connectivity index (χ0n) is 19.4. The fourth-order valence-electron chi connectivity index (χ4n) is 3.91. The molecule has 31 heavy (non-hydrogen) atoms. The SMILES string of the molecule is CCC(C(=O)N(Cc1cc(NC(=O)C(C)C)ccc1N(C)C)C1CC1)c1ccccc1. The summed E-state index contributed by atoms with van der Waals surface area (Å²) in [6.45, 7) is 6.39. The minimum Gasteiger partial charge on any atom is -0.377 e. The van der Waals surface area contributed by atoms with Gasteiger partial charge in [-0.3, -0.25) is 9.59 Å². The number of benzene rings is 2. The predicted molar refractivity (Wildman–Crippen MR) is 127 cm³/mol. The van der Waals surface area contributed by atoms with Crippen LogP contribution in [0.15, 0.2) is 48.5 Å². The van der Waals surface area contributed by atoms with Gasteiger partial charge >= 0.3 is 0 Å². The highest BCUT2D eigenvalue weighted by atomic mass is 16.2. The van der Waals surface area contributed by atoms with E-state index in [1.165, 1.54) is 0 Å². The molecular weight excluding hydrogens is 386 g/mol. The van der Waals surface area contributed by atoms with E-state index in [9.17, 15) is 9.59 Å². The summed E-state index contributed by atoms with van der Waals surface area (Å²) in [6, 6.07) is 16.3. The van der Waals surface area contributed by atoms with Crippen LogP contribution in [0.4, 0.5) is 11.4 Å². The van der Waals surface area contributed by atoms with E-state index in [4.69, 9.17) is 0 Å². The summed E-state index contributed by atoms with van der Waals surface area (Å²) >= 11 is 0. The number of carbonyl (C=O) groups is 2. The molecule has 2 aromatic carbocycles. The van der Waals surface area contributed by atoms with Gasteiger partial charge in [-0.25, -0.2) is 0 Å². The lowest BCUT2D eigenvalue weighted by atomic mass is 9.94. The van der Waals surface area contributed by atoms with E-state index in [0.29, 0.717) is 12.6 Å². The molecule has 0 aliphatic heterocycles. The number of hydrogen-bond donors (Lipinski definition) is 1. The van der Waals surface area contributed by atoms with Gasteiger partial charge in [0.25, 0.3) is 0 Å². The molecule has 3 rings (SSSR count). The topological polar surface area (TPSA) is 52.7 Å². The number of nitrogens with one attached hydrogen (secondary N) is 1. The molecule has 1 atom stereocenters. The molecule has 166 valence electrons. The van der Waals surface area contributed by atoms with Crippen molar-refractivity contribution in [3.63, 3.8) is 0 Å². The molecule has 1 saturated carbocycles. The highest BCUT2D eigenvalue weighted by Crippen LogP contribution is 2.35. The second-order valence-corrected chi connectivity index (χ2v) is 8.95. The summed E-state index contributed by atoms with van der Waals surface area (Å²) in [6.07, 6.45) is 2.88. The largest absolute Gasteiger partial charge is 0.377 e. The number of carbonyl (C=O) groups excluding carboxylic acids is 2. The van der Waals surface area contributed by atoms with Crippen molar-refractivity contribution in [1.82, 2.24) is 4.90 Å². The van der Waals surface area contributed by atoms with Crippen LogP contribution in [-0.2, 0) is 16.1 Å². The maximum absolute atomic E-state index is 13.6. The second kappa shape index (κ2) is 9.99. The molecule has 1 N–H and O–H groups in total. The molecule has 0 heterocycles. The Hall–Kier alpha value is -2.82. The van der Waals surface area contributed by atoms with E-state index in [2.05, 4.69) is 22.0 Å². The first-order valence-corrected chi connectivity index (χ1v) is 11.3. The first kappa shape index (κ1) is 22.9. The monoisotopic (exact) mass is 421 g/mol. The third-order valence-corrected chi connectivity index (χ3v) is 5.87. The minimum absolute atomic E-state index is 0.00574. The maximum atomic E-state index is 13.6. The molecule has 1 unspecified atom stereocenters. The molecular formula is C26H35N3O2. The Kier molecular flexibility index (Phi) is 7.37. The Morgan fingerprint density at radius 1 is 1.06 bits per heavy atom. The van der Waals surface area contributed by atoms with Gasteiger partial charge in [0.1, 0.15) is 0 Å². The predicted octanol–water partition coefficient (Wildman–Crippen LogP) is 5.03. The summed E-state index contributed by atoms with van der Waals surface area (Å²) < 4.78 is 0. The second-order valence-electron chi connectivity index (χ2n) is 8.95. The Labute approximate surface area is 186 Å². The quantitative estimate of drug-likeness (QED) is 0.618. The van der Waals surface area contributed by atoms with Gasteiger partial charge in [-0.15, -0.1) is 0 Å². The van der Waals surface area contributed by atoms with Crippen molar-refractivity contribution in [3.8, 4) is 0 Å². The first-order valence-electron chi connectivity index (χ1n) is 11.3. The Bertz CT molecular complexity index is 904. The molecule has 0 saturated heterocycles. The summed E-state index contributed by atoms with van der Waals surface area (Å²) in [5, 5.41) is 2.99. The van der Waals surface area contributed by atoms with Crippen molar-refractivity contribution in [2.24, 2.45) is 5.92 Å². The van der Waals surface area contributed by atoms with Gasteiger partial charge in [-0.05, 0) is 48.6 Å². The molecule has 1 aliphatic rings. The Balaban J connectivity index is 1.89. The third kappa shape index (κ3) is 5.66. The molecule has 0 bridgehead atoms. The van der Waals surface area contributed by atoms with Crippen LogP contribution < -0.4 is 10.2 Å². The van der Waals surface area contributed by atoms with Crippen LogP contribution in [0.1, 0.15) is 57.1 Å². The molecule has 0 aromatic heterocycles. The lowest BCUT2D eigenvalue weighted by Crippen LogP contribution is -2.36. The summed E-state index contributed by atoms with van der Waals surface area (Å²) in [7, 11) is 4.01. The zero-order chi connectivity index (χ0) is 22.5. The number of anilines is 2. The van der Waals surface area contributed by atoms with Crippen LogP contribution in [0.25, 0.3) is 0 Å². The van der Waals surface area contributed by atoms with Crippen molar-refractivity contribution < 1.29 is 9.59 Å². The van der Waals surface area contributed by atoms with E-state index in [1.54, 1.807) is 0 Å². The van der Waals surface area contributed by atoms with Crippen molar-refractivity contribution >= 4 is 23.2 Å². The van der Waals surface area contributed by atoms with Crippen molar-refractivity contribution in [2.75, 3.05) is 24.3 Å². The fourth-order valence-corrected chi connectivity index (χ4v) is 3.91. The standard InChI is InChI=1S/C26H35N3O2/c1-6-23(19-10-8-7-9-11-19)26(31)29(22-13-14-22)17-20-16-21(27-25(30)18(2)3)12-15-24(20)28(4)5/h7-12,15-16,18,22-23H,6,13-14,17H2,1-5H3,(H,27,30). The molecule has 5 nitrogen and oxygen atoms in total. The Morgan fingerprint density at radius 2 is 1.74 bits per heavy atom. The van der Waals surface area contributed by atoms with Crippen LogP contribution >= 0.6 is 0 Å². The van der Waals surface area contributed by atoms with Crippen LogP contribution in [0.2, 0.25) is 0 Å². The Morgan fingerprint density at radius 3 is 2.29 bits per heavy atom. The van der Waals surface area contributed by atoms with Gasteiger partial charge in [-0.1, -0.05) is 51.1 Å². The van der Waals surface area contributed by atoms with Crippen molar-refractivity contribution in [2.45, 2.75) is 58.5 Å². The fraction of sp³-hybridized carbons (Fsp3) is 0.462. The summed E-state index contributed by atoms with van der Waals surface area (Å²) in [5.74, 6) is -0.0301. The van der Waals surface area contributed by atoms with Crippen LogP contribution in [0.3, 0.4) is 0 Å². The van der Waals surface area contributed by atoms with Gasteiger partial charge < -0.3 is 15.1 Å². The minimum atomic E-state index is -0.131. The molecule has 0 spiro atoms. The van der Waals surface area contributed by atoms with E-state index >= 15 is 0 Å². The average molecular weight is 422 g/mol. The van der Waals surface area contributed by atoms with E-state index < -0.39 is 0 Å². The normalized spacial score (nSPS) is 14.3. The van der Waals surface area contributed by atoms with Crippen LogP contribution in [0, 0.1) is 5.92 Å². The van der Waals surface area contributed by atoms with Crippen molar-refractivity contribution in [3.05, 3.63) is 59.7 Å². The van der Waals surface area contributed by atoms with E-state index in [-0.39, 0.29) is 23.7 Å². The lowest BCUT2D eigenvalue weighted by molar-refractivity contribution is -0.134. The van der Waals surface area contributed by atoms with Gasteiger partial charge in [0.2, 0.25) is 11.8 Å². The number of hydrogen-bond acceptors (Lipinski definition) is 3. The first-order chi connectivity index (χ1) is 14.8. The number of rotatable bonds is 9. The summed E-state index contributed by atoms with van der Waals surface area (Å²) in [4.78, 5) is 29.9. The van der Waals surface area contributed by atoms with E-state index in [1.807, 2.05) is 76.5 Å². The molecule has 1 aliphatic carbocycles. The van der Waals surface area contributed by atoms with Crippen LogP contribution in [-0.4, -0.2) is 36.9 Å². The average Bonchev–Trinajstić information content (AvgIpc) is 3.58. The van der Waals surface area contributed by atoms with Gasteiger partial charge in [-0.2, -0.15) is 0 Å². The number of amides is 2. The highest BCUT2D eigenvalue weighted by molar-refractivity contribution is 5.92. The molecule has 5 heteroatoms. The smallest absolute Gasteiger partial charge is 0.230 e. The third-order valence-electron chi connectivity index (χ3n) is 5.87. The number of nitrogens with zero attached hydrogens (tertiary/aromatic N) is 2. The maximum Gasteiger partial charge on any atom is 0.230 e. The zero-order valence-corrected chi connectivity index (χ0v) is 19.4. The van der Waals surface area contributed by atoms with Gasteiger partial charge in [0.05, 0.1) is 5.92 Å². The van der Waals surface area contributed by atoms with Crippen molar-refractivity contribution in [1.29, 1.82) is 0 Å². The van der Waals surface area contributed by atoms with Crippen LogP contribution in [0.5, 0.6) is 0 Å². The highest BCUT2D eigenvalue weighted by Gasteiger charge is 2.36. The lowest BCUT2D eigenvalue weighted by Gasteiger charge is -2.29. The summed E-state index contributed by atoms with van der Waals surface area (Å²) in [5.41, 5.74) is 3.97. The molecule has 1 fully saturated rings. The molecule has 2 aromatic rings. The van der Waals surface area contributed by atoms with Gasteiger partial charge in [0.15, 0.2) is 0 Å². The molecule has 0 radical (unpaired) electrons.